The number of benzene rings is 3. The molecule has 29 heavy (non-hydrogen) atoms. The Morgan fingerprint density at radius 2 is 1.52 bits per heavy atom. The van der Waals surface area contributed by atoms with Gasteiger partial charge in [-0.15, -0.1) is 0 Å². The van der Waals surface area contributed by atoms with Gasteiger partial charge in [-0.3, -0.25) is 0 Å². The molecule has 4 nitrogen and oxygen atoms in total. The van der Waals surface area contributed by atoms with Crippen molar-refractivity contribution in [2.45, 2.75) is 23.6 Å². The van der Waals surface area contributed by atoms with E-state index in [1.807, 2.05) is 36.4 Å². The van der Waals surface area contributed by atoms with Gasteiger partial charge in [0.2, 0.25) is 9.84 Å². The van der Waals surface area contributed by atoms with Crippen LogP contribution in [0.15, 0.2) is 82.6 Å². The molecule has 0 heterocycles. The van der Waals surface area contributed by atoms with E-state index in [0.717, 1.165) is 5.56 Å². The van der Waals surface area contributed by atoms with Crippen LogP contribution in [0.4, 0.5) is 0 Å². The summed E-state index contributed by atoms with van der Waals surface area (Å²) in [4.78, 5) is 12.9. The molecule has 0 spiro atoms. The fourth-order valence-electron chi connectivity index (χ4n) is 3.09. The number of ether oxygens (including phenoxy) is 1. The van der Waals surface area contributed by atoms with Crippen LogP contribution in [0.2, 0.25) is 0 Å². The monoisotopic (exact) mass is 406 g/mol. The normalized spacial score (nSPS) is 11.5. The van der Waals surface area contributed by atoms with Crippen LogP contribution in [0, 0.1) is 6.92 Å². The Kier molecular flexibility index (Phi) is 6.29. The van der Waals surface area contributed by atoms with Crippen LogP contribution in [0.3, 0.4) is 0 Å². The Labute approximate surface area is 171 Å². The zero-order valence-electron chi connectivity index (χ0n) is 16.3. The van der Waals surface area contributed by atoms with Crippen molar-refractivity contribution in [2.24, 2.45) is 0 Å². The molecule has 148 valence electrons. The second kappa shape index (κ2) is 8.88. The zero-order chi connectivity index (χ0) is 20.9. The molecular weight excluding hydrogens is 384 g/mol. The second-order valence-electron chi connectivity index (χ2n) is 6.43. The molecule has 0 aromatic heterocycles. The SMILES string of the molecule is CCOC(=O)c1c(/C=C/c2ccccc2)ccc(S(=O)(=O)c2ccccc2)c1C. The van der Waals surface area contributed by atoms with E-state index in [4.69, 9.17) is 4.74 Å². The molecule has 0 N–H and O–H groups in total. The van der Waals surface area contributed by atoms with Crippen LogP contribution in [0.25, 0.3) is 12.2 Å². The summed E-state index contributed by atoms with van der Waals surface area (Å²) < 4.78 is 31.4. The Morgan fingerprint density at radius 1 is 0.897 bits per heavy atom. The predicted molar refractivity (Wildman–Crippen MR) is 114 cm³/mol. The molecule has 0 unspecified atom stereocenters. The van der Waals surface area contributed by atoms with Gasteiger partial charge in [-0.1, -0.05) is 66.7 Å². The van der Waals surface area contributed by atoms with Gasteiger partial charge in [0, 0.05) is 0 Å². The van der Waals surface area contributed by atoms with Gasteiger partial charge < -0.3 is 4.74 Å². The highest BCUT2D eigenvalue weighted by molar-refractivity contribution is 7.91. The average molecular weight is 407 g/mol. The van der Waals surface area contributed by atoms with Crippen molar-refractivity contribution in [3.05, 3.63) is 95.1 Å². The lowest BCUT2D eigenvalue weighted by Crippen LogP contribution is -2.13. The lowest BCUT2D eigenvalue weighted by Gasteiger charge is -2.14. The minimum atomic E-state index is -3.76. The summed E-state index contributed by atoms with van der Waals surface area (Å²) in [7, 11) is -3.76. The number of sulfone groups is 1. The minimum absolute atomic E-state index is 0.101. The van der Waals surface area contributed by atoms with Gasteiger partial charge in [0.05, 0.1) is 22.0 Å². The molecule has 0 aliphatic carbocycles. The first kappa shape index (κ1) is 20.6. The van der Waals surface area contributed by atoms with E-state index in [9.17, 15) is 13.2 Å². The van der Waals surface area contributed by atoms with Gasteiger partial charge in [-0.2, -0.15) is 0 Å². The van der Waals surface area contributed by atoms with Crippen LogP contribution < -0.4 is 0 Å². The third-order valence-corrected chi connectivity index (χ3v) is 6.44. The lowest BCUT2D eigenvalue weighted by atomic mass is 10.0. The quantitative estimate of drug-likeness (QED) is 0.418. The largest absolute Gasteiger partial charge is 0.462 e. The Morgan fingerprint density at radius 3 is 2.14 bits per heavy atom. The second-order valence-corrected chi connectivity index (χ2v) is 8.35. The first-order valence-electron chi connectivity index (χ1n) is 9.29. The fraction of sp³-hybridized carbons (Fsp3) is 0.125. The zero-order valence-corrected chi connectivity index (χ0v) is 17.1. The van der Waals surface area contributed by atoms with E-state index in [-0.39, 0.29) is 22.0 Å². The summed E-state index contributed by atoms with van der Waals surface area (Å²) in [6, 6.07) is 21.0. The molecule has 3 aromatic carbocycles. The molecule has 0 radical (unpaired) electrons. The summed E-state index contributed by atoms with van der Waals surface area (Å²) in [6.45, 7) is 3.56. The topological polar surface area (TPSA) is 60.4 Å². The fourth-order valence-corrected chi connectivity index (χ4v) is 4.62. The third-order valence-electron chi connectivity index (χ3n) is 4.53. The van der Waals surface area contributed by atoms with Gasteiger partial charge in [0.15, 0.2) is 0 Å². The highest BCUT2D eigenvalue weighted by Gasteiger charge is 2.25. The van der Waals surface area contributed by atoms with E-state index < -0.39 is 15.8 Å². The summed E-state index contributed by atoms with van der Waals surface area (Å²) in [6.07, 6.45) is 3.68. The predicted octanol–water partition coefficient (Wildman–Crippen LogP) is 5.17. The maximum Gasteiger partial charge on any atom is 0.339 e. The van der Waals surface area contributed by atoms with Crippen molar-refractivity contribution >= 4 is 28.0 Å². The van der Waals surface area contributed by atoms with Gasteiger partial charge in [0.1, 0.15) is 0 Å². The third kappa shape index (κ3) is 4.46. The highest BCUT2D eigenvalue weighted by Crippen LogP contribution is 2.29. The summed E-state index contributed by atoms with van der Waals surface area (Å²) in [5.74, 6) is -0.539. The van der Waals surface area contributed by atoms with Crippen LogP contribution in [0.5, 0.6) is 0 Å². The number of carbonyl (C=O) groups is 1. The average Bonchev–Trinajstić information content (AvgIpc) is 2.73. The molecule has 5 heteroatoms. The Hall–Kier alpha value is -3.18. The van der Waals surface area contributed by atoms with Crippen LogP contribution >= 0.6 is 0 Å². The van der Waals surface area contributed by atoms with Crippen molar-refractivity contribution in [3.63, 3.8) is 0 Å². The Balaban J connectivity index is 2.13. The summed E-state index contributed by atoms with van der Waals surface area (Å²) in [5.41, 5.74) is 2.22. The van der Waals surface area contributed by atoms with Gasteiger partial charge in [0.25, 0.3) is 0 Å². The molecule has 0 saturated carbocycles. The van der Waals surface area contributed by atoms with Crippen molar-refractivity contribution < 1.29 is 17.9 Å². The first-order chi connectivity index (χ1) is 13.9. The van der Waals surface area contributed by atoms with Gasteiger partial charge >= 0.3 is 5.97 Å². The maximum absolute atomic E-state index is 13.1. The number of esters is 1. The van der Waals surface area contributed by atoms with E-state index in [0.29, 0.717) is 11.1 Å². The van der Waals surface area contributed by atoms with Gasteiger partial charge in [-0.25, -0.2) is 13.2 Å². The smallest absolute Gasteiger partial charge is 0.339 e. The Bertz CT molecular complexity index is 1130. The van der Waals surface area contributed by atoms with Crippen molar-refractivity contribution in [3.8, 4) is 0 Å². The minimum Gasteiger partial charge on any atom is -0.462 e. The molecule has 0 fully saturated rings. The molecule has 0 bridgehead atoms. The van der Waals surface area contributed by atoms with Crippen LogP contribution in [-0.4, -0.2) is 21.0 Å². The molecule has 0 aliphatic rings. The number of carbonyl (C=O) groups excluding carboxylic acids is 1. The van der Waals surface area contributed by atoms with Crippen molar-refractivity contribution in [1.82, 2.24) is 0 Å². The number of rotatable bonds is 6. The summed E-state index contributed by atoms with van der Waals surface area (Å²) in [5, 5.41) is 0. The standard InChI is InChI=1S/C24H22O4S/c1-3-28-24(25)23-18(2)22(29(26,27)21-12-8-5-9-13-21)17-16-20(23)15-14-19-10-6-4-7-11-19/h4-17H,3H2,1-2H3/b15-14+. The first-order valence-corrected chi connectivity index (χ1v) is 10.8. The number of hydrogen-bond donors (Lipinski definition) is 0. The van der Waals surface area contributed by atoms with Crippen LogP contribution in [0.1, 0.15) is 34.0 Å². The highest BCUT2D eigenvalue weighted by atomic mass is 32.2. The lowest BCUT2D eigenvalue weighted by molar-refractivity contribution is 0.0525. The molecule has 0 saturated heterocycles. The van der Waals surface area contributed by atoms with E-state index in [1.165, 1.54) is 0 Å². The summed E-state index contributed by atoms with van der Waals surface area (Å²) >= 11 is 0. The molecular formula is C24H22O4S. The van der Waals surface area contributed by atoms with E-state index >= 15 is 0 Å². The molecule has 3 aromatic rings. The maximum atomic E-state index is 13.1. The van der Waals surface area contributed by atoms with E-state index in [2.05, 4.69) is 0 Å². The molecule has 0 atom stereocenters. The van der Waals surface area contributed by atoms with E-state index in [1.54, 1.807) is 62.4 Å². The van der Waals surface area contributed by atoms with Gasteiger partial charge in [-0.05, 0) is 48.7 Å². The number of hydrogen-bond acceptors (Lipinski definition) is 4. The van der Waals surface area contributed by atoms with Crippen molar-refractivity contribution in [1.29, 1.82) is 0 Å². The molecule has 0 aliphatic heterocycles. The van der Waals surface area contributed by atoms with Crippen LogP contribution in [-0.2, 0) is 14.6 Å². The molecule has 0 amide bonds. The molecule has 3 rings (SSSR count). The van der Waals surface area contributed by atoms with Crippen molar-refractivity contribution in [2.75, 3.05) is 6.61 Å².